The molecule has 0 bridgehead atoms. The van der Waals surface area contributed by atoms with Crippen LogP contribution < -0.4 is 4.74 Å². The number of benzene rings is 1. The van der Waals surface area contributed by atoms with Crippen LogP contribution in [-0.4, -0.2) is 51.0 Å². The maximum Gasteiger partial charge on any atom is 0.177 e. The molecule has 2 aromatic heterocycles. The second kappa shape index (κ2) is 7.83. The van der Waals surface area contributed by atoms with Gasteiger partial charge in [-0.1, -0.05) is 6.92 Å². The fraction of sp³-hybridized carbons (Fsp3) is 0.450. The standard InChI is InChI=1S/C20H25N5O/c1-16-4-2-11-24(14-16)12-3-13-26-18-7-5-17(6-8-18)19-9-10-20-22-21-15-25(20)23-19/h5-10,15-16H,2-4,11-14H2,1H3. The Morgan fingerprint density at radius 1 is 1.15 bits per heavy atom. The van der Waals surface area contributed by atoms with Crippen LogP contribution in [0.4, 0.5) is 0 Å². The van der Waals surface area contributed by atoms with Crippen molar-refractivity contribution in [3.8, 4) is 17.0 Å². The minimum Gasteiger partial charge on any atom is -0.494 e. The van der Waals surface area contributed by atoms with E-state index >= 15 is 0 Å². The summed E-state index contributed by atoms with van der Waals surface area (Å²) < 4.78 is 7.58. The smallest absolute Gasteiger partial charge is 0.177 e. The molecule has 0 saturated carbocycles. The first-order chi connectivity index (χ1) is 12.8. The lowest BCUT2D eigenvalue weighted by atomic mass is 10.0. The van der Waals surface area contributed by atoms with Gasteiger partial charge in [0.15, 0.2) is 5.65 Å². The zero-order valence-corrected chi connectivity index (χ0v) is 15.2. The van der Waals surface area contributed by atoms with Crippen molar-refractivity contribution < 1.29 is 4.74 Å². The van der Waals surface area contributed by atoms with Gasteiger partial charge in [-0.25, -0.2) is 0 Å². The summed E-state index contributed by atoms with van der Waals surface area (Å²) in [5.74, 6) is 1.74. The van der Waals surface area contributed by atoms with Crippen molar-refractivity contribution in [3.63, 3.8) is 0 Å². The summed E-state index contributed by atoms with van der Waals surface area (Å²) in [6.07, 6.45) is 5.39. The third-order valence-electron chi connectivity index (χ3n) is 4.94. The zero-order chi connectivity index (χ0) is 17.8. The van der Waals surface area contributed by atoms with Crippen LogP contribution in [0.25, 0.3) is 16.9 Å². The van der Waals surface area contributed by atoms with Gasteiger partial charge in [0.05, 0.1) is 12.3 Å². The topological polar surface area (TPSA) is 55.5 Å². The molecule has 0 spiro atoms. The first-order valence-electron chi connectivity index (χ1n) is 9.40. The van der Waals surface area contributed by atoms with Crippen molar-refractivity contribution in [1.29, 1.82) is 0 Å². The molecule has 0 aliphatic carbocycles. The molecule has 3 aromatic rings. The third-order valence-corrected chi connectivity index (χ3v) is 4.94. The Balaban J connectivity index is 1.28. The van der Waals surface area contributed by atoms with Gasteiger partial charge >= 0.3 is 0 Å². The van der Waals surface area contributed by atoms with Gasteiger partial charge in [0.1, 0.15) is 12.1 Å². The summed E-state index contributed by atoms with van der Waals surface area (Å²) in [7, 11) is 0. The summed E-state index contributed by atoms with van der Waals surface area (Å²) >= 11 is 0. The van der Waals surface area contributed by atoms with Crippen molar-refractivity contribution in [2.24, 2.45) is 5.92 Å². The van der Waals surface area contributed by atoms with E-state index in [9.17, 15) is 0 Å². The van der Waals surface area contributed by atoms with Crippen LogP contribution in [0.1, 0.15) is 26.2 Å². The van der Waals surface area contributed by atoms with Crippen molar-refractivity contribution in [3.05, 3.63) is 42.7 Å². The van der Waals surface area contributed by atoms with E-state index in [0.717, 1.165) is 48.1 Å². The van der Waals surface area contributed by atoms with Crippen molar-refractivity contribution in [2.75, 3.05) is 26.2 Å². The molecule has 4 rings (SSSR count). The summed E-state index contributed by atoms with van der Waals surface area (Å²) in [5.41, 5.74) is 2.69. The van der Waals surface area contributed by atoms with Gasteiger partial charge in [0.2, 0.25) is 0 Å². The van der Waals surface area contributed by atoms with Crippen LogP contribution in [0.5, 0.6) is 5.75 Å². The Morgan fingerprint density at radius 3 is 2.88 bits per heavy atom. The molecular weight excluding hydrogens is 326 g/mol. The number of likely N-dealkylation sites (tertiary alicyclic amines) is 1. The van der Waals surface area contributed by atoms with E-state index in [-0.39, 0.29) is 0 Å². The van der Waals surface area contributed by atoms with Crippen molar-refractivity contribution in [2.45, 2.75) is 26.2 Å². The molecule has 26 heavy (non-hydrogen) atoms. The highest BCUT2D eigenvalue weighted by molar-refractivity contribution is 5.60. The predicted octanol–water partition coefficient (Wildman–Crippen LogP) is 3.29. The van der Waals surface area contributed by atoms with E-state index in [2.05, 4.69) is 27.1 Å². The second-order valence-corrected chi connectivity index (χ2v) is 7.13. The summed E-state index contributed by atoms with van der Waals surface area (Å²) in [6, 6.07) is 12.0. The number of hydrogen-bond acceptors (Lipinski definition) is 5. The molecule has 6 nitrogen and oxygen atoms in total. The molecule has 0 radical (unpaired) electrons. The Kier molecular flexibility index (Phi) is 5.11. The monoisotopic (exact) mass is 351 g/mol. The first kappa shape index (κ1) is 17.0. The van der Waals surface area contributed by atoms with Crippen LogP contribution in [0.15, 0.2) is 42.7 Å². The van der Waals surface area contributed by atoms with E-state index in [4.69, 9.17) is 4.74 Å². The first-order valence-corrected chi connectivity index (χ1v) is 9.40. The Morgan fingerprint density at radius 2 is 2.04 bits per heavy atom. The Labute approximate surface area is 153 Å². The van der Waals surface area contributed by atoms with Crippen LogP contribution >= 0.6 is 0 Å². The van der Waals surface area contributed by atoms with Gasteiger partial charge in [-0.2, -0.15) is 9.61 Å². The number of fused-ring (bicyclic) bond motifs is 1. The molecule has 0 N–H and O–H groups in total. The fourth-order valence-electron chi connectivity index (χ4n) is 3.57. The quantitative estimate of drug-likeness (QED) is 0.638. The molecular formula is C20H25N5O. The summed E-state index contributed by atoms with van der Waals surface area (Å²) in [6.45, 7) is 6.71. The third kappa shape index (κ3) is 4.02. The number of nitrogens with zero attached hydrogens (tertiary/aromatic N) is 5. The highest BCUT2D eigenvalue weighted by Crippen LogP contribution is 2.21. The number of rotatable bonds is 6. The average molecular weight is 351 g/mol. The lowest BCUT2D eigenvalue weighted by molar-refractivity contribution is 0.170. The van der Waals surface area contributed by atoms with Crippen molar-refractivity contribution in [1.82, 2.24) is 24.7 Å². The number of piperidine rings is 1. The lowest BCUT2D eigenvalue weighted by Gasteiger charge is -2.30. The van der Waals surface area contributed by atoms with E-state index in [1.165, 1.54) is 25.9 Å². The van der Waals surface area contributed by atoms with E-state index in [0.29, 0.717) is 0 Å². The Bertz CT molecular complexity index is 845. The zero-order valence-electron chi connectivity index (χ0n) is 15.2. The van der Waals surface area contributed by atoms with Gasteiger partial charge in [-0.3, -0.25) is 0 Å². The van der Waals surface area contributed by atoms with Gasteiger partial charge in [0, 0.05) is 18.7 Å². The van der Waals surface area contributed by atoms with Crippen LogP contribution in [-0.2, 0) is 0 Å². The lowest BCUT2D eigenvalue weighted by Crippen LogP contribution is -2.35. The normalized spacial score (nSPS) is 18.3. The van der Waals surface area contributed by atoms with Gasteiger partial charge in [-0.15, -0.1) is 10.2 Å². The molecule has 6 heteroatoms. The second-order valence-electron chi connectivity index (χ2n) is 7.13. The molecule has 1 atom stereocenters. The van der Waals surface area contributed by atoms with E-state index in [1.54, 1.807) is 10.8 Å². The van der Waals surface area contributed by atoms with Gasteiger partial charge < -0.3 is 9.64 Å². The molecule has 1 aliphatic heterocycles. The molecule has 0 amide bonds. The fourth-order valence-corrected chi connectivity index (χ4v) is 3.57. The largest absolute Gasteiger partial charge is 0.494 e. The molecule has 1 fully saturated rings. The number of hydrogen-bond donors (Lipinski definition) is 0. The Hall–Kier alpha value is -2.47. The summed E-state index contributed by atoms with van der Waals surface area (Å²) in [4.78, 5) is 2.56. The van der Waals surface area contributed by atoms with Gasteiger partial charge in [0.25, 0.3) is 0 Å². The van der Waals surface area contributed by atoms with Crippen molar-refractivity contribution >= 4 is 5.65 Å². The maximum atomic E-state index is 5.90. The SMILES string of the molecule is CC1CCCN(CCCOc2ccc(-c3ccc4nncn4n3)cc2)C1. The highest BCUT2D eigenvalue weighted by Gasteiger charge is 2.15. The van der Waals surface area contributed by atoms with Crippen LogP contribution in [0.2, 0.25) is 0 Å². The molecule has 136 valence electrons. The predicted molar refractivity (Wildman–Crippen MR) is 101 cm³/mol. The molecule has 1 saturated heterocycles. The molecule has 1 unspecified atom stereocenters. The van der Waals surface area contributed by atoms with Crippen LogP contribution in [0, 0.1) is 5.92 Å². The average Bonchev–Trinajstić information content (AvgIpc) is 3.14. The molecule has 1 aliphatic rings. The van der Waals surface area contributed by atoms with E-state index in [1.807, 2.05) is 36.4 Å². The van der Waals surface area contributed by atoms with E-state index < -0.39 is 0 Å². The highest BCUT2D eigenvalue weighted by atomic mass is 16.5. The van der Waals surface area contributed by atoms with Crippen LogP contribution in [0.3, 0.4) is 0 Å². The van der Waals surface area contributed by atoms with Gasteiger partial charge in [-0.05, 0) is 68.1 Å². The minimum atomic E-state index is 0.747. The molecule has 3 heterocycles. The number of aromatic nitrogens is 4. The maximum absolute atomic E-state index is 5.90. The molecule has 1 aromatic carbocycles. The number of ether oxygens (including phenoxy) is 1. The minimum absolute atomic E-state index is 0.747. The summed E-state index contributed by atoms with van der Waals surface area (Å²) in [5, 5.41) is 12.3.